The maximum Gasteiger partial charge on any atom is 0.224 e. The van der Waals surface area contributed by atoms with E-state index in [4.69, 9.17) is 14.2 Å². The standard InChI is InChI=1S/C24H22O3S/c1-25-23-12-7-15-26-24(27-23,17-8-3-2-4-9-17)18-13-14-22-20(16-18)19-10-5-6-11-21(19)28-22/h2-6,8-11,13-14,16,23H,7,12,15H2,1H3. The van der Waals surface area contributed by atoms with Crippen molar-refractivity contribution in [3.8, 4) is 0 Å². The summed E-state index contributed by atoms with van der Waals surface area (Å²) in [6.07, 6.45) is 1.41. The van der Waals surface area contributed by atoms with E-state index >= 15 is 0 Å². The third-order valence-corrected chi connectivity index (χ3v) is 6.51. The summed E-state index contributed by atoms with van der Waals surface area (Å²) in [4.78, 5) is 0. The molecule has 1 aromatic heterocycles. The van der Waals surface area contributed by atoms with Gasteiger partial charge in [0, 0.05) is 44.8 Å². The Labute approximate surface area is 168 Å². The third kappa shape index (κ3) is 2.93. The first-order valence-electron chi connectivity index (χ1n) is 9.62. The second-order valence-electron chi connectivity index (χ2n) is 7.07. The van der Waals surface area contributed by atoms with E-state index in [0.29, 0.717) is 6.61 Å². The summed E-state index contributed by atoms with van der Waals surface area (Å²) in [6.45, 7) is 0.622. The van der Waals surface area contributed by atoms with Crippen LogP contribution in [0, 0.1) is 0 Å². The molecule has 2 atom stereocenters. The zero-order valence-electron chi connectivity index (χ0n) is 15.8. The van der Waals surface area contributed by atoms with Crippen LogP contribution in [0.3, 0.4) is 0 Å². The first-order valence-corrected chi connectivity index (χ1v) is 10.4. The Morgan fingerprint density at radius 1 is 0.893 bits per heavy atom. The summed E-state index contributed by atoms with van der Waals surface area (Å²) in [5, 5.41) is 2.50. The van der Waals surface area contributed by atoms with Gasteiger partial charge in [-0.1, -0.05) is 54.6 Å². The van der Waals surface area contributed by atoms with Crippen molar-refractivity contribution in [2.75, 3.05) is 13.7 Å². The second kappa shape index (κ2) is 7.30. The maximum atomic E-state index is 6.52. The van der Waals surface area contributed by atoms with Gasteiger partial charge in [-0.05, 0) is 24.6 Å². The fraction of sp³-hybridized carbons (Fsp3) is 0.250. The fourth-order valence-electron chi connectivity index (χ4n) is 3.97. The molecule has 3 nitrogen and oxygen atoms in total. The SMILES string of the molecule is COC1CCCOC(c2ccccc2)(c2ccc3sc4ccccc4c3c2)O1. The number of methoxy groups -OCH3 is 1. The van der Waals surface area contributed by atoms with Crippen LogP contribution in [0.5, 0.6) is 0 Å². The van der Waals surface area contributed by atoms with E-state index in [1.165, 1.54) is 20.2 Å². The molecule has 1 fully saturated rings. The van der Waals surface area contributed by atoms with Crippen molar-refractivity contribution in [2.45, 2.75) is 24.9 Å². The van der Waals surface area contributed by atoms with Crippen molar-refractivity contribution < 1.29 is 14.2 Å². The van der Waals surface area contributed by atoms with Crippen LogP contribution < -0.4 is 0 Å². The molecule has 1 saturated heterocycles. The number of hydrogen-bond acceptors (Lipinski definition) is 4. The number of fused-ring (bicyclic) bond motifs is 3. The normalized spacial score (nSPS) is 23.1. The maximum absolute atomic E-state index is 6.52. The van der Waals surface area contributed by atoms with Crippen LogP contribution in [0.25, 0.3) is 20.2 Å². The van der Waals surface area contributed by atoms with Crippen molar-refractivity contribution >= 4 is 31.5 Å². The highest BCUT2D eigenvalue weighted by molar-refractivity contribution is 7.25. The molecular weight excluding hydrogens is 368 g/mol. The van der Waals surface area contributed by atoms with Gasteiger partial charge in [0.2, 0.25) is 5.79 Å². The molecule has 2 unspecified atom stereocenters. The zero-order valence-corrected chi connectivity index (χ0v) is 16.6. The Bertz CT molecular complexity index is 1100. The van der Waals surface area contributed by atoms with Crippen molar-refractivity contribution in [2.24, 2.45) is 0 Å². The number of thiophene rings is 1. The highest BCUT2D eigenvalue weighted by Crippen LogP contribution is 2.42. The highest BCUT2D eigenvalue weighted by Gasteiger charge is 2.41. The average Bonchev–Trinajstić information content (AvgIpc) is 2.98. The van der Waals surface area contributed by atoms with E-state index in [-0.39, 0.29) is 6.29 Å². The second-order valence-corrected chi connectivity index (χ2v) is 8.15. The van der Waals surface area contributed by atoms with Crippen molar-refractivity contribution in [3.05, 3.63) is 83.9 Å². The van der Waals surface area contributed by atoms with Crippen LogP contribution in [0.2, 0.25) is 0 Å². The molecule has 0 bridgehead atoms. The molecule has 1 aliphatic rings. The van der Waals surface area contributed by atoms with Crippen molar-refractivity contribution in [1.29, 1.82) is 0 Å². The molecule has 0 aliphatic carbocycles. The molecule has 0 amide bonds. The van der Waals surface area contributed by atoms with Crippen molar-refractivity contribution in [1.82, 2.24) is 0 Å². The molecule has 28 heavy (non-hydrogen) atoms. The highest BCUT2D eigenvalue weighted by atomic mass is 32.1. The topological polar surface area (TPSA) is 27.7 Å². The monoisotopic (exact) mass is 390 g/mol. The summed E-state index contributed by atoms with van der Waals surface area (Å²) in [6, 6.07) is 25.2. The van der Waals surface area contributed by atoms with Gasteiger partial charge in [-0.2, -0.15) is 0 Å². The number of hydrogen-bond donors (Lipinski definition) is 0. The lowest BCUT2D eigenvalue weighted by atomic mass is 9.95. The van der Waals surface area contributed by atoms with Crippen LogP contribution in [0.1, 0.15) is 24.0 Å². The molecule has 1 aliphatic heterocycles. The minimum Gasteiger partial charge on any atom is -0.356 e. The molecular formula is C24H22O3S. The predicted molar refractivity (Wildman–Crippen MR) is 114 cm³/mol. The predicted octanol–water partition coefficient (Wildman–Crippen LogP) is 6.06. The molecule has 142 valence electrons. The van der Waals surface area contributed by atoms with Crippen molar-refractivity contribution in [3.63, 3.8) is 0 Å². The van der Waals surface area contributed by atoms with Gasteiger partial charge >= 0.3 is 0 Å². The summed E-state index contributed by atoms with van der Waals surface area (Å²) in [5.41, 5.74) is 1.98. The molecule has 3 aromatic carbocycles. The summed E-state index contributed by atoms with van der Waals surface area (Å²) in [7, 11) is 1.70. The van der Waals surface area contributed by atoms with E-state index in [2.05, 4.69) is 54.6 Å². The van der Waals surface area contributed by atoms with Gasteiger partial charge in [0.15, 0.2) is 6.29 Å². The van der Waals surface area contributed by atoms with E-state index < -0.39 is 5.79 Å². The van der Waals surface area contributed by atoms with Crippen LogP contribution in [0.4, 0.5) is 0 Å². The lowest BCUT2D eigenvalue weighted by molar-refractivity contribution is -0.278. The summed E-state index contributed by atoms with van der Waals surface area (Å²) < 4.78 is 21.1. The van der Waals surface area contributed by atoms with Gasteiger partial charge in [0.25, 0.3) is 0 Å². The summed E-state index contributed by atoms with van der Waals surface area (Å²) in [5.74, 6) is -0.977. The molecule has 4 heteroatoms. The van der Waals surface area contributed by atoms with E-state index in [9.17, 15) is 0 Å². The lowest BCUT2D eigenvalue weighted by Crippen LogP contribution is -2.37. The first-order chi connectivity index (χ1) is 13.8. The Morgan fingerprint density at radius 3 is 2.54 bits per heavy atom. The molecule has 2 heterocycles. The zero-order chi connectivity index (χ0) is 19.0. The fourth-order valence-corrected chi connectivity index (χ4v) is 5.05. The molecule has 0 radical (unpaired) electrons. The number of ether oxygens (including phenoxy) is 3. The van der Waals surface area contributed by atoms with Crippen LogP contribution in [-0.4, -0.2) is 20.0 Å². The van der Waals surface area contributed by atoms with E-state index in [1.807, 2.05) is 29.5 Å². The Hall–Kier alpha value is -2.24. The van der Waals surface area contributed by atoms with Gasteiger partial charge in [-0.25, -0.2) is 0 Å². The Morgan fingerprint density at radius 2 is 1.68 bits per heavy atom. The molecule has 4 aromatic rings. The average molecular weight is 391 g/mol. The van der Waals surface area contributed by atoms with Gasteiger partial charge in [-0.3, -0.25) is 0 Å². The largest absolute Gasteiger partial charge is 0.356 e. The van der Waals surface area contributed by atoms with E-state index in [1.54, 1.807) is 7.11 Å². The van der Waals surface area contributed by atoms with Crippen LogP contribution in [0.15, 0.2) is 72.8 Å². The molecule has 0 spiro atoms. The third-order valence-electron chi connectivity index (χ3n) is 5.36. The Kier molecular flexibility index (Phi) is 4.65. The van der Waals surface area contributed by atoms with Gasteiger partial charge in [0.05, 0.1) is 6.61 Å². The minimum absolute atomic E-state index is 0.308. The first kappa shape index (κ1) is 17.8. The van der Waals surface area contributed by atoms with Crippen LogP contribution in [-0.2, 0) is 20.0 Å². The molecule has 0 saturated carbocycles. The van der Waals surface area contributed by atoms with E-state index in [0.717, 1.165) is 24.0 Å². The summed E-state index contributed by atoms with van der Waals surface area (Å²) >= 11 is 1.81. The lowest BCUT2D eigenvalue weighted by Gasteiger charge is -2.35. The van der Waals surface area contributed by atoms with Crippen LogP contribution >= 0.6 is 11.3 Å². The van der Waals surface area contributed by atoms with Gasteiger partial charge in [0.1, 0.15) is 0 Å². The Balaban J connectivity index is 1.74. The van der Waals surface area contributed by atoms with Gasteiger partial charge < -0.3 is 14.2 Å². The quantitative estimate of drug-likeness (QED) is 0.426. The smallest absolute Gasteiger partial charge is 0.224 e. The molecule has 5 rings (SSSR count). The number of rotatable bonds is 3. The number of benzene rings is 3. The minimum atomic E-state index is -0.977. The van der Waals surface area contributed by atoms with Gasteiger partial charge in [-0.15, -0.1) is 11.3 Å². The molecule has 0 N–H and O–H groups in total.